The molecule has 0 aliphatic rings. The molecule has 6 nitrogen and oxygen atoms in total. The minimum Gasteiger partial charge on any atom is -0.451 e. The van der Waals surface area contributed by atoms with Crippen molar-refractivity contribution in [2.24, 2.45) is 0 Å². The zero-order chi connectivity index (χ0) is 19.3. The molecule has 0 radical (unpaired) electrons. The number of aromatic nitrogens is 2. The Kier molecular flexibility index (Phi) is 5.16. The minimum absolute atomic E-state index is 0.168. The summed E-state index contributed by atoms with van der Waals surface area (Å²) in [5.74, 6) is -1.02. The Morgan fingerprint density at radius 1 is 1.04 bits per heavy atom. The molecule has 1 amide bonds. The van der Waals surface area contributed by atoms with E-state index in [1.165, 1.54) is 0 Å². The highest BCUT2D eigenvalue weighted by Gasteiger charge is 2.20. The third-order valence-electron chi connectivity index (χ3n) is 4.26. The van der Waals surface area contributed by atoms with Crippen molar-refractivity contribution < 1.29 is 14.3 Å². The maximum absolute atomic E-state index is 12.4. The number of esters is 1. The average molecular weight is 391 g/mol. The Labute approximate surface area is 165 Å². The van der Waals surface area contributed by atoms with Gasteiger partial charge in [-0.15, -0.1) is 11.3 Å². The summed E-state index contributed by atoms with van der Waals surface area (Å²) in [4.78, 5) is 25.8. The third-order valence-corrected chi connectivity index (χ3v) is 5.20. The van der Waals surface area contributed by atoms with Crippen molar-refractivity contribution in [3.63, 3.8) is 0 Å². The third kappa shape index (κ3) is 3.79. The van der Waals surface area contributed by atoms with E-state index in [-0.39, 0.29) is 24.2 Å². The van der Waals surface area contributed by atoms with Gasteiger partial charge in [0.1, 0.15) is 0 Å². The van der Waals surface area contributed by atoms with Gasteiger partial charge in [-0.25, -0.2) is 4.79 Å². The van der Waals surface area contributed by atoms with Crippen molar-refractivity contribution in [2.45, 2.75) is 6.04 Å². The van der Waals surface area contributed by atoms with Gasteiger partial charge < -0.3 is 10.1 Å². The van der Waals surface area contributed by atoms with Crippen LogP contribution in [-0.2, 0) is 9.53 Å². The molecular formula is C21H17N3O3S. The van der Waals surface area contributed by atoms with E-state index in [0.29, 0.717) is 5.39 Å². The van der Waals surface area contributed by atoms with Gasteiger partial charge in [0.15, 0.2) is 12.3 Å². The van der Waals surface area contributed by atoms with Gasteiger partial charge in [-0.1, -0.05) is 54.6 Å². The van der Waals surface area contributed by atoms with Crippen LogP contribution in [0, 0.1) is 0 Å². The molecule has 7 heteroatoms. The molecule has 0 aliphatic heterocycles. The van der Waals surface area contributed by atoms with Gasteiger partial charge in [0.25, 0.3) is 5.91 Å². The number of ether oxygens (including phenoxy) is 1. The number of aromatic amines is 1. The smallest absolute Gasteiger partial charge is 0.359 e. The number of fused-ring (bicyclic) bond motifs is 1. The number of rotatable bonds is 6. The monoisotopic (exact) mass is 391 g/mol. The normalized spacial score (nSPS) is 11.9. The maximum atomic E-state index is 12.4. The van der Waals surface area contributed by atoms with Crippen molar-refractivity contribution in [3.05, 3.63) is 88.2 Å². The number of benzene rings is 2. The number of H-pyrrole nitrogens is 1. The van der Waals surface area contributed by atoms with E-state index in [9.17, 15) is 9.59 Å². The van der Waals surface area contributed by atoms with E-state index in [4.69, 9.17) is 4.74 Å². The van der Waals surface area contributed by atoms with Crippen LogP contribution in [0.5, 0.6) is 0 Å². The maximum Gasteiger partial charge on any atom is 0.359 e. The number of hydrogen-bond acceptors (Lipinski definition) is 5. The second kappa shape index (κ2) is 8.06. The largest absolute Gasteiger partial charge is 0.451 e. The molecule has 2 aromatic carbocycles. The molecule has 0 aliphatic carbocycles. The molecular weight excluding hydrogens is 374 g/mol. The molecule has 0 unspecified atom stereocenters. The summed E-state index contributed by atoms with van der Waals surface area (Å²) in [5, 5.41) is 12.3. The van der Waals surface area contributed by atoms with E-state index in [1.807, 2.05) is 66.0 Å². The van der Waals surface area contributed by atoms with Crippen LogP contribution in [0.1, 0.15) is 27.0 Å². The lowest BCUT2D eigenvalue weighted by atomic mass is 10.1. The SMILES string of the molecule is O=C(COC(=O)c1n[nH]c2ccccc12)N[C@H](c1ccccc1)c1cccs1. The number of para-hydroxylation sites is 1. The lowest BCUT2D eigenvalue weighted by Crippen LogP contribution is -2.32. The van der Waals surface area contributed by atoms with Crippen LogP contribution < -0.4 is 5.32 Å². The first-order chi connectivity index (χ1) is 13.7. The number of carbonyl (C=O) groups is 2. The highest BCUT2D eigenvalue weighted by Crippen LogP contribution is 2.25. The molecule has 0 saturated carbocycles. The molecule has 0 saturated heterocycles. The fourth-order valence-electron chi connectivity index (χ4n) is 2.94. The summed E-state index contributed by atoms with van der Waals surface area (Å²) in [6, 6.07) is 20.5. The van der Waals surface area contributed by atoms with Gasteiger partial charge in [-0.3, -0.25) is 9.89 Å². The molecule has 0 spiro atoms. The first kappa shape index (κ1) is 17.9. The second-order valence-electron chi connectivity index (χ2n) is 6.12. The first-order valence-electron chi connectivity index (χ1n) is 8.70. The van der Waals surface area contributed by atoms with Crippen molar-refractivity contribution >= 4 is 34.1 Å². The van der Waals surface area contributed by atoms with Gasteiger partial charge in [0, 0.05) is 10.3 Å². The average Bonchev–Trinajstić information content (AvgIpc) is 3.41. The zero-order valence-corrected chi connectivity index (χ0v) is 15.6. The molecule has 1 atom stereocenters. The predicted molar refractivity (Wildman–Crippen MR) is 107 cm³/mol. The van der Waals surface area contributed by atoms with E-state index < -0.39 is 5.97 Å². The summed E-state index contributed by atoms with van der Waals surface area (Å²) < 4.78 is 5.18. The van der Waals surface area contributed by atoms with Crippen molar-refractivity contribution in [3.8, 4) is 0 Å². The number of thiophene rings is 1. The van der Waals surface area contributed by atoms with Crippen LogP contribution in [-0.4, -0.2) is 28.7 Å². The summed E-state index contributed by atoms with van der Waals surface area (Å²) in [6.45, 7) is -0.380. The number of nitrogens with zero attached hydrogens (tertiary/aromatic N) is 1. The quantitative estimate of drug-likeness (QED) is 0.491. The zero-order valence-electron chi connectivity index (χ0n) is 14.8. The lowest BCUT2D eigenvalue weighted by molar-refractivity contribution is -0.124. The number of carbonyl (C=O) groups excluding carboxylic acids is 2. The van der Waals surface area contributed by atoms with E-state index in [0.717, 1.165) is 16.0 Å². The molecule has 2 heterocycles. The first-order valence-corrected chi connectivity index (χ1v) is 9.58. The highest BCUT2D eigenvalue weighted by molar-refractivity contribution is 7.10. The molecule has 4 rings (SSSR count). The minimum atomic E-state index is -0.639. The summed E-state index contributed by atoms with van der Waals surface area (Å²) >= 11 is 1.56. The standard InChI is InChI=1S/C21H17N3O3S/c25-18(13-27-21(26)20-15-9-4-5-10-16(15)23-24-20)22-19(17-11-6-12-28-17)14-7-2-1-3-8-14/h1-12,19H,13H2,(H,22,25)(H,23,24)/t19-/m1/s1. The second-order valence-corrected chi connectivity index (χ2v) is 7.10. The Hall–Kier alpha value is -3.45. The van der Waals surface area contributed by atoms with Gasteiger partial charge in [-0.2, -0.15) is 5.10 Å². The fourth-order valence-corrected chi connectivity index (χ4v) is 3.74. The van der Waals surface area contributed by atoms with Crippen LogP contribution in [0.15, 0.2) is 72.1 Å². The summed E-state index contributed by atoms with van der Waals surface area (Å²) in [7, 11) is 0. The Morgan fingerprint density at radius 3 is 2.61 bits per heavy atom. The van der Waals surface area contributed by atoms with Crippen LogP contribution in [0.2, 0.25) is 0 Å². The van der Waals surface area contributed by atoms with Crippen LogP contribution in [0.4, 0.5) is 0 Å². The molecule has 4 aromatic rings. The molecule has 2 aromatic heterocycles. The van der Waals surface area contributed by atoms with E-state index in [1.54, 1.807) is 17.4 Å². The van der Waals surface area contributed by atoms with Crippen LogP contribution in [0.3, 0.4) is 0 Å². The number of hydrogen-bond donors (Lipinski definition) is 2. The molecule has 0 fully saturated rings. The Balaban J connectivity index is 1.43. The van der Waals surface area contributed by atoms with Crippen LogP contribution >= 0.6 is 11.3 Å². The molecule has 28 heavy (non-hydrogen) atoms. The van der Waals surface area contributed by atoms with Gasteiger partial charge >= 0.3 is 5.97 Å². The Morgan fingerprint density at radius 2 is 1.82 bits per heavy atom. The highest BCUT2D eigenvalue weighted by atomic mass is 32.1. The Bertz CT molecular complexity index is 1090. The predicted octanol–water partition coefficient (Wildman–Crippen LogP) is 3.69. The number of amides is 1. The van der Waals surface area contributed by atoms with Crippen LogP contribution in [0.25, 0.3) is 10.9 Å². The number of nitrogens with one attached hydrogen (secondary N) is 2. The van der Waals surface area contributed by atoms with Gasteiger partial charge in [0.2, 0.25) is 0 Å². The fraction of sp³-hybridized carbons (Fsp3) is 0.0952. The van der Waals surface area contributed by atoms with E-state index in [2.05, 4.69) is 15.5 Å². The van der Waals surface area contributed by atoms with E-state index >= 15 is 0 Å². The van der Waals surface area contributed by atoms with Crippen molar-refractivity contribution in [1.29, 1.82) is 0 Å². The molecule has 0 bridgehead atoms. The van der Waals surface area contributed by atoms with Crippen molar-refractivity contribution in [2.75, 3.05) is 6.61 Å². The summed E-state index contributed by atoms with van der Waals surface area (Å²) in [5.41, 5.74) is 1.87. The lowest BCUT2D eigenvalue weighted by Gasteiger charge is -2.18. The molecule has 2 N–H and O–H groups in total. The van der Waals surface area contributed by atoms with Gasteiger partial charge in [0.05, 0.1) is 11.6 Å². The molecule has 140 valence electrons. The van der Waals surface area contributed by atoms with Gasteiger partial charge in [-0.05, 0) is 23.1 Å². The van der Waals surface area contributed by atoms with Crippen molar-refractivity contribution in [1.82, 2.24) is 15.5 Å². The topological polar surface area (TPSA) is 84.1 Å². The summed E-state index contributed by atoms with van der Waals surface area (Å²) in [6.07, 6.45) is 0.